The first-order valence-electron chi connectivity index (χ1n) is 17.9. The Morgan fingerprint density at radius 2 is 1.69 bits per heavy atom. The maximum absolute atomic E-state index is 14.3. The number of esters is 1. The Morgan fingerprint density at radius 1 is 1.04 bits per heavy atom. The molecule has 0 unspecified atom stereocenters. The summed E-state index contributed by atoms with van der Waals surface area (Å²) in [7, 11) is 3.65. The highest BCUT2D eigenvalue weighted by atomic mass is 16.8. The van der Waals surface area contributed by atoms with E-state index in [-0.39, 0.29) is 30.7 Å². The van der Waals surface area contributed by atoms with Crippen LogP contribution in [0.25, 0.3) is 0 Å². The van der Waals surface area contributed by atoms with Crippen LogP contribution in [0.3, 0.4) is 0 Å². The Kier molecular flexibility index (Phi) is 13.0. The van der Waals surface area contributed by atoms with Crippen molar-refractivity contribution in [1.82, 2.24) is 4.90 Å². The summed E-state index contributed by atoms with van der Waals surface area (Å²) < 4.78 is 36.1. The number of nitrogens with zero attached hydrogens (tertiary/aromatic N) is 2. The minimum Gasteiger partial charge on any atom is -0.457 e. The first-order chi connectivity index (χ1) is 24.4. The van der Waals surface area contributed by atoms with E-state index in [1.165, 1.54) is 6.92 Å². The molecule has 3 N–H and O–H groups in total. The lowest BCUT2D eigenvalue weighted by atomic mass is 9.74. The number of carbonyl (C=O) groups is 4. The number of para-hydroxylation sites is 1. The Morgan fingerprint density at radius 3 is 2.29 bits per heavy atom. The van der Waals surface area contributed by atoms with Crippen LogP contribution in [0.1, 0.15) is 74.7 Å². The number of amides is 1. The number of ketones is 1. The molecule has 1 aromatic rings. The predicted octanol–water partition coefficient (Wildman–Crippen LogP) is 4.77. The highest BCUT2D eigenvalue weighted by Gasteiger charge is 2.59. The van der Waals surface area contributed by atoms with Crippen molar-refractivity contribution < 1.29 is 57.9 Å². The standard InChI is InChI=1S/C37H55N3O12/c1-11-26-37(8)31(50-35(45)52-37)21(4)27(39-46)19(2)18-36(7,51-34(44)38-24-15-13-12-14-16-24)30(22(5)28(41)23(6)32(43)48-26)49-33-29(42)25(40(9)10)17-20(3)47-33/h12-16,19-23,25-26,29-31,33,42,46H,11,17-18H2,1-10H3,(H,38,44)/b39-27+/t19-,20-,21-,22+,23-,25+,26+,29-,30-,31-,33+,36+,37-/m1/s1. The van der Waals surface area contributed by atoms with E-state index < -0.39 is 89.6 Å². The third-order valence-corrected chi connectivity index (χ3v) is 10.8. The quantitative estimate of drug-likeness (QED) is 0.119. The van der Waals surface area contributed by atoms with Crippen molar-refractivity contribution in [2.45, 2.75) is 129 Å². The van der Waals surface area contributed by atoms with Crippen LogP contribution in [0, 0.1) is 23.7 Å². The highest BCUT2D eigenvalue weighted by Crippen LogP contribution is 2.42. The lowest BCUT2D eigenvalue weighted by Crippen LogP contribution is -2.60. The van der Waals surface area contributed by atoms with Crippen LogP contribution in [0.4, 0.5) is 15.3 Å². The van der Waals surface area contributed by atoms with Gasteiger partial charge in [-0.15, -0.1) is 0 Å². The number of benzene rings is 1. The number of aliphatic hydroxyl groups excluding tert-OH is 1. The number of aliphatic hydroxyl groups is 1. The third-order valence-electron chi connectivity index (χ3n) is 10.8. The highest BCUT2D eigenvalue weighted by molar-refractivity contribution is 6.00. The number of cyclic esters (lactones) is 1. The maximum Gasteiger partial charge on any atom is 0.509 e. The Bertz CT molecular complexity index is 1470. The Hall–Kier alpha value is -3.79. The molecule has 3 saturated heterocycles. The van der Waals surface area contributed by atoms with Gasteiger partial charge in [-0.25, -0.2) is 9.59 Å². The number of fused-ring (bicyclic) bond motifs is 1. The predicted molar refractivity (Wildman–Crippen MR) is 188 cm³/mol. The minimum absolute atomic E-state index is 0.0923. The molecule has 3 aliphatic heterocycles. The maximum atomic E-state index is 14.3. The van der Waals surface area contributed by atoms with Crippen molar-refractivity contribution in [2.75, 3.05) is 19.4 Å². The fraction of sp³-hybridized carbons (Fsp3) is 0.703. The van der Waals surface area contributed by atoms with E-state index in [1.807, 2.05) is 25.9 Å². The van der Waals surface area contributed by atoms with Crippen molar-refractivity contribution in [3.8, 4) is 0 Å². The number of ether oxygens (including phenoxy) is 6. The summed E-state index contributed by atoms with van der Waals surface area (Å²) in [6.45, 7) is 13.1. The van der Waals surface area contributed by atoms with Crippen LogP contribution in [-0.2, 0) is 38.0 Å². The summed E-state index contributed by atoms with van der Waals surface area (Å²) in [6.07, 6.45) is -7.47. The first kappa shape index (κ1) is 41.0. The lowest BCUT2D eigenvalue weighted by Gasteiger charge is -2.47. The number of carbonyl (C=O) groups excluding carboxylic acids is 4. The average molecular weight is 734 g/mol. The van der Waals surface area contributed by atoms with Crippen LogP contribution in [0.5, 0.6) is 0 Å². The van der Waals surface area contributed by atoms with Crippen LogP contribution in [0.2, 0.25) is 0 Å². The molecule has 0 aromatic heterocycles. The molecule has 4 rings (SSSR count). The summed E-state index contributed by atoms with van der Waals surface area (Å²) in [4.78, 5) is 56.3. The molecule has 13 atom stereocenters. The smallest absolute Gasteiger partial charge is 0.457 e. The molecule has 52 heavy (non-hydrogen) atoms. The molecule has 3 fully saturated rings. The first-order valence-corrected chi connectivity index (χ1v) is 17.9. The average Bonchev–Trinajstić information content (AvgIpc) is 3.40. The molecular weight excluding hydrogens is 678 g/mol. The van der Waals surface area contributed by atoms with Gasteiger partial charge in [-0.1, -0.05) is 51.0 Å². The van der Waals surface area contributed by atoms with Crippen LogP contribution in [-0.4, -0.2) is 113 Å². The van der Waals surface area contributed by atoms with Gasteiger partial charge in [0.1, 0.15) is 29.8 Å². The second kappa shape index (κ2) is 16.5. The van der Waals surface area contributed by atoms with Crippen molar-refractivity contribution in [3.05, 3.63) is 30.3 Å². The zero-order chi connectivity index (χ0) is 38.7. The molecule has 15 heteroatoms. The van der Waals surface area contributed by atoms with E-state index in [4.69, 9.17) is 28.4 Å². The van der Waals surface area contributed by atoms with Gasteiger partial charge < -0.3 is 43.6 Å². The second-order valence-corrected chi connectivity index (χ2v) is 15.1. The van der Waals surface area contributed by atoms with E-state index in [1.54, 1.807) is 71.9 Å². The molecular formula is C37H55N3O12. The van der Waals surface area contributed by atoms with Gasteiger partial charge in [-0.2, -0.15) is 0 Å². The minimum atomic E-state index is -1.72. The number of anilines is 1. The van der Waals surface area contributed by atoms with Crippen molar-refractivity contribution >= 4 is 35.4 Å². The molecule has 0 bridgehead atoms. The van der Waals surface area contributed by atoms with Gasteiger partial charge in [-0.05, 0) is 73.2 Å². The molecule has 290 valence electrons. The number of nitrogens with one attached hydrogen (secondary N) is 1. The number of hydrogen-bond donors (Lipinski definition) is 3. The van der Waals surface area contributed by atoms with Crippen LogP contribution in [0.15, 0.2) is 35.5 Å². The molecule has 3 heterocycles. The van der Waals surface area contributed by atoms with Crippen molar-refractivity contribution in [1.29, 1.82) is 0 Å². The summed E-state index contributed by atoms with van der Waals surface area (Å²) in [5.41, 5.74) is -2.63. The number of oxime groups is 1. The van der Waals surface area contributed by atoms with Gasteiger partial charge in [-0.3, -0.25) is 14.9 Å². The van der Waals surface area contributed by atoms with Gasteiger partial charge >= 0.3 is 18.2 Å². The Balaban J connectivity index is 1.87. The number of hydrogen-bond acceptors (Lipinski definition) is 14. The molecule has 1 amide bonds. The third kappa shape index (κ3) is 8.53. The zero-order valence-corrected chi connectivity index (χ0v) is 31.7. The molecule has 0 aliphatic carbocycles. The van der Waals surface area contributed by atoms with E-state index >= 15 is 0 Å². The topological polar surface area (TPSA) is 192 Å². The number of rotatable bonds is 6. The van der Waals surface area contributed by atoms with Gasteiger partial charge in [0.05, 0.1) is 11.8 Å². The van der Waals surface area contributed by atoms with Gasteiger partial charge in [0, 0.05) is 29.5 Å². The summed E-state index contributed by atoms with van der Waals surface area (Å²) >= 11 is 0. The summed E-state index contributed by atoms with van der Waals surface area (Å²) in [6, 6.07) is 8.23. The van der Waals surface area contributed by atoms with E-state index in [9.17, 15) is 29.5 Å². The molecule has 3 aliphatic rings. The van der Waals surface area contributed by atoms with Crippen LogP contribution >= 0.6 is 0 Å². The summed E-state index contributed by atoms with van der Waals surface area (Å²) in [5, 5.41) is 28.3. The monoisotopic (exact) mass is 733 g/mol. The second-order valence-electron chi connectivity index (χ2n) is 15.1. The molecule has 0 spiro atoms. The number of likely N-dealkylation sites (N-methyl/N-ethyl adjacent to an activating group) is 1. The van der Waals surface area contributed by atoms with Crippen LogP contribution < -0.4 is 5.32 Å². The number of Topliss-reactive ketones (excluding diaryl/α,β-unsaturated/α-hetero) is 1. The van der Waals surface area contributed by atoms with Gasteiger partial charge in [0.15, 0.2) is 23.8 Å². The summed E-state index contributed by atoms with van der Waals surface area (Å²) in [5.74, 6) is -5.47. The van der Waals surface area contributed by atoms with E-state index in [0.717, 1.165) is 0 Å². The van der Waals surface area contributed by atoms with Gasteiger partial charge in [0.2, 0.25) is 0 Å². The zero-order valence-electron chi connectivity index (χ0n) is 31.7. The van der Waals surface area contributed by atoms with Gasteiger partial charge in [0.25, 0.3) is 0 Å². The molecule has 0 radical (unpaired) electrons. The lowest BCUT2D eigenvalue weighted by molar-refractivity contribution is -0.292. The fourth-order valence-electron chi connectivity index (χ4n) is 8.03. The fourth-order valence-corrected chi connectivity index (χ4v) is 8.03. The van der Waals surface area contributed by atoms with Crippen molar-refractivity contribution in [2.24, 2.45) is 28.8 Å². The van der Waals surface area contributed by atoms with Crippen molar-refractivity contribution in [3.63, 3.8) is 0 Å². The molecule has 15 nitrogen and oxygen atoms in total. The molecule has 0 saturated carbocycles. The SMILES string of the molecule is CC[C@@H]1OC(=O)[C@H](C)C(=O)[C@H](C)[C@@H](O[C@@H]2O[C@H](C)C[C@H](N(C)C)[C@H]2O)[C@@](C)(OC(=O)Nc2ccccc2)C[C@@H](C)/C(=N\O)[C@@H](C)[C@H]2OC(=O)O[C@]12C. The van der Waals surface area contributed by atoms with E-state index in [2.05, 4.69) is 10.5 Å². The largest absolute Gasteiger partial charge is 0.509 e. The molecule has 1 aromatic carbocycles. The normalized spacial score (nSPS) is 39.9. The van der Waals surface area contributed by atoms with E-state index in [0.29, 0.717) is 12.1 Å². The Labute approximate surface area is 305 Å².